The molecule has 0 N–H and O–H groups in total. The average molecular weight is 656 g/mol. The van der Waals surface area contributed by atoms with E-state index in [1.807, 2.05) is 26.0 Å². The molecule has 0 amide bonds. The molecular formula is C41H28F3NO4. The number of carbonyl (C=O) groups is 4. The molecule has 2 unspecified atom stereocenters. The van der Waals surface area contributed by atoms with Gasteiger partial charge in [0.2, 0.25) is 0 Å². The smallest absolute Gasteiger partial charge is 0.343 e. The fraction of sp³-hybridized carbons (Fsp3) is 0.171. The predicted octanol–water partition coefficient (Wildman–Crippen LogP) is 8.55. The van der Waals surface area contributed by atoms with E-state index in [0.717, 1.165) is 23.3 Å². The molecule has 1 saturated heterocycles. The number of carbonyl (C=O) groups excluding carboxylic acids is 4. The SMILES string of the molecule is Cc1ccc(C2N(c3ccc(C(F)(F)F)cc3)C3(C(=O)c4ccccc4C3=O)C(c3ccc(C)cc3)C23C(=O)c2ccccc2C3=O)cc1. The maximum absolute atomic E-state index is 15.3. The largest absolute Gasteiger partial charge is 0.416 e. The number of hydrogen-bond donors (Lipinski definition) is 0. The standard InChI is InChI=1S/C41H28F3NO4/c1-23-11-15-25(16-12-23)33-39(35(46)29-7-3-4-8-30(29)36(39)47)34(26-17-13-24(2)14-18-26)45(28-21-19-27(20-22-28)41(42,43)44)40(33)37(48)31-9-5-6-10-32(31)38(40)49/h3-22,33-34H,1-2H3. The zero-order valence-electron chi connectivity index (χ0n) is 26.4. The van der Waals surface area contributed by atoms with Gasteiger partial charge in [-0.3, -0.25) is 19.2 Å². The molecule has 8 rings (SSSR count). The van der Waals surface area contributed by atoms with E-state index in [1.165, 1.54) is 17.0 Å². The number of anilines is 1. The van der Waals surface area contributed by atoms with Crippen LogP contribution in [0.1, 0.15) is 81.2 Å². The number of ketones is 4. The highest BCUT2D eigenvalue weighted by molar-refractivity contribution is 6.39. The minimum absolute atomic E-state index is 0.0959. The summed E-state index contributed by atoms with van der Waals surface area (Å²) in [6, 6.07) is 30.0. The van der Waals surface area contributed by atoms with Gasteiger partial charge in [0.05, 0.1) is 11.6 Å². The van der Waals surface area contributed by atoms with Crippen LogP contribution in [0.15, 0.2) is 121 Å². The van der Waals surface area contributed by atoms with Crippen LogP contribution in [0, 0.1) is 19.3 Å². The zero-order valence-corrected chi connectivity index (χ0v) is 26.4. The number of halogens is 3. The van der Waals surface area contributed by atoms with Gasteiger partial charge in [0.25, 0.3) is 0 Å². The van der Waals surface area contributed by atoms with E-state index in [-0.39, 0.29) is 27.9 Å². The summed E-state index contributed by atoms with van der Waals surface area (Å²) < 4.78 is 41.6. The molecule has 5 aromatic rings. The highest BCUT2D eigenvalue weighted by Crippen LogP contribution is 2.69. The van der Waals surface area contributed by atoms with Crippen molar-refractivity contribution < 1.29 is 32.3 Å². The molecule has 1 fully saturated rings. The molecule has 0 aromatic heterocycles. The Kier molecular flexibility index (Phi) is 6.53. The van der Waals surface area contributed by atoms with Crippen LogP contribution in [0.4, 0.5) is 18.9 Å². The van der Waals surface area contributed by atoms with Gasteiger partial charge in [-0.25, -0.2) is 0 Å². The van der Waals surface area contributed by atoms with Crippen molar-refractivity contribution in [2.75, 3.05) is 4.90 Å². The number of benzene rings is 5. The maximum atomic E-state index is 15.3. The monoisotopic (exact) mass is 655 g/mol. The number of nitrogens with zero attached hydrogens (tertiary/aromatic N) is 1. The molecule has 2 aliphatic carbocycles. The summed E-state index contributed by atoms with van der Waals surface area (Å²) in [5.41, 5.74) is -1.89. The Bertz CT molecular complexity index is 2150. The number of rotatable bonds is 3. The quantitative estimate of drug-likeness (QED) is 0.182. The lowest BCUT2D eigenvalue weighted by molar-refractivity contribution is -0.137. The third-order valence-electron chi connectivity index (χ3n) is 10.5. The fourth-order valence-corrected chi connectivity index (χ4v) is 8.43. The van der Waals surface area contributed by atoms with E-state index in [1.54, 1.807) is 84.9 Å². The number of Topliss-reactive ketones (excluding diaryl/α,β-unsaturated/α-hetero) is 4. The van der Waals surface area contributed by atoms with E-state index < -0.39 is 57.8 Å². The Balaban J connectivity index is 1.55. The van der Waals surface area contributed by atoms with E-state index >= 15 is 19.2 Å². The Hall–Kier alpha value is -5.63. The normalized spacial score (nSPS) is 20.4. The fourth-order valence-electron chi connectivity index (χ4n) is 8.43. The van der Waals surface area contributed by atoms with Crippen LogP contribution in [0.25, 0.3) is 0 Å². The van der Waals surface area contributed by atoms with Gasteiger partial charge in [-0.1, -0.05) is 108 Å². The molecule has 2 atom stereocenters. The number of alkyl halides is 3. The maximum Gasteiger partial charge on any atom is 0.416 e. The van der Waals surface area contributed by atoms with Crippen molar-refractivity contribution in [2.24, 2.45) is 5.41 Å². The zero-order chi connectivity index (χ0) is 34.5. The molecule has 1 heterocycles. The van der Waals surface area contributed by atoms with Gasteiger partial charge in [0, 0.05) is 33.9 Å². The molecule has 242 valence electrons. The van der Waals surface area contributed by atoms with Gasteiger partial charge in [-0.05, 0) is 49.2 Å². The second-order valence-corrected chi connectivity index (χ2v) is 13.1. The first-order valence-electron chi connectivity index (χ1n) is 15.9. The van der Waals surface area contributed by atoms with Crippen molar-refractivity contribution in [1.82, 2.24) is 0 Å². The topological polar surface area (TPSA) is 71.5 Å². The lowest BCUT2D eigenvalue weighted by atomic mass is 9.59. The van der Waals surface area contributed by atoms with Gasteiger partial charge in [0.1, 0.15) is 5.41 Å². The highest BCUT2D eigenvalue weighted by atomic mass is 19.4. The summed E-state index contributed by atoms with van der Waals surface area (Å²) >= 11 is 0. The average Bonchev–Trinajstić information content (AvgIpc) is 3.60. The molecule has 5 aromatic carbocycles. The predicted molar refractivity (Wildman–Crippen MR) is 177 cm³/mol. The number of hydrogen-bond acceptors (Lipinski definition) is 5. The van der Waals surface area contributed by atoms with E-state index in [0.29, 0.717) is 11.1 Å². The first kappa shape index (κ1) is 30.7. The summed E-state index contributed by atoms with van der Waals surface area (Å²) in [4.78, 5) is 62.7. The lowest BCUT2D eigenvalue weighted by Crippen LogP contribution is -2.57. The van der Waals surface area contributed by atoms with Crippen LogP contribution in [-0.2, 0) is 6.18 Å². The molecule has 8 heteroatoms. The molecule has 3 aliphatic rings. The van der Waals surface area contributed by atoms with Crippen molar-refractivity contribution in [2.45, 2.75) is 37.5 Å². The minimum atomic E-state index is -4.66. The van der Waals surface area contributed by atoms with Crippen LogP contribution in [0.3, 0.4) is 0 Å². The van der Waals surface area contributed by atoms with Crippen molar-refractivity contribution in [3.63, 3.8) is 0 Å². The Morgan fingerprint density at radius 3 is 1.37 bits per heavy atom. The van der Waals surface area contributed by atoms with Crippen molar-refractivity contribution in [3.8, 4) is 0 Å². The second kappa shape index (κ2) is 10.4. The van der Waals surface area contributed by atoms with E-state index in [2.05, 4.69) is 0 Å². The molecule has 49 heavy (non-hydrogen) atoms. The first-order chi connectivity index (χ1) is 23.4. The molecule has 5 nitrogen and oxygen atoms in total. The van der Waals surface area contributed by atoms with E-state index in [9.17, 15) is 13.2 Å². The van der Waals surface area contributed by atoms with Crippen LogP contribution in [0.2, 0.25) is 0 Å². The van der Waals surface area contributed by atoms with Crippen LogP contribution >= 0.6 is 0 Å². The summed E-state index contributed by atoms with van der Waals surface area (Å²) in [7, 11) is 0. The second-order valence-electron chi connectivity index (χ2n) is 13.1. The summed E-state index contributed by atoms with van der Waals surface area (Å²) in [6.45, 7) is 3.75. The Labute approximate surface area is 280 Å². The van der Waals surface area contributed by atoms with Gasteiger partial charge >= 0.3 is 6.18 Å². The number of aryl methyl sites for hydroxylation is 2. The Morgan fingerprint density at radius 1 is 0.531 bits per heavy atom. The summed E-state index contributed by atoms with van der Waals surface area (Å²) in [5, 5.41) is 0. The van der Waals surface area contributed by atoms with Gasteiger partial charge < -0.3 is 4.90 Å². The van der Waals surface area contributed by atoms with Crippen LogP contribution in [-0.4, -0.2) is 28.7 Å². The van der Waals surface area contributed by atoms with Crippen molar-refractivity contribution in [1.29, 1.82) is 0 Å². The molecule has 0 bridgehead atoms. The molecule has 0 radical (unpaired) electrons. The first-order valence-corrected chi connectivity index (χ1v) is 15.9. The van der Waals surface area contributed by atoms with Crippen molar-refractivity contribution in [3.05, 3.63) is 171 Å². The summed E-state index contributed by atoms with van der Waals surface area (Å²) in [5.74, 6) is -3.70. The van der Waals surface area contributed by atoms with Gasteiger partial charge in [-0.15, -0.1) is 0 Å². The molecule has 2 spiro atoms. The molecule has 0 saturated carbocycles. The van der Waals surface area contributed by atoms with E-state index in [4.69, 9.17) is 0 Å². The van der Waals surface area contributed by atoms with Crippen LogP contribution < -0.4 is 4.90 Å². The third-order valence-corrected chi connectivity index (χ3v) is 10.5. The third kappa shape index (κ3) is 3.94. The Morgan fingerprint density at radius 2 is 0.939 bits per heavy atom. The lowest BCUT2D eigenvalue weighted by Gasteiger charge is -2.40. The highest BCUT2D eigenvalue weighted by Gasteiger charge is 2.81. The van der Waals surface area contributed by atoms with Gasteiger partial charge in [-0.2, -0.15) is 13.2 Å². The minimum Gasteiger partial charge on any atom is -0.343 e. The summed E-state index contributed by atoms with van der Waals surface area (Å²) in [6.07, 6.45) is -4.66. The van der Waals surface area contributed by atoms with Crippen molar-refractivity contribution >= 4 is 28.8 Å². The number of fused-ring (bicyclic) bond motifs is 2. The molecular weight excluding hydrogens is 627 g/mol. The van der Waals surface area contributed by atoms with Crippen LogP contribution in [0.5, 0.6) is 0 Å². The molecule has 1 aliphatic heterocycles. The van der Waals surface area contributed by atoms with Gasteiger partial charge in [0.15, 0.2) is 28.7 Å².